The molecule has 1 radical (unpaired) electrons. The molecule has 0 heterocycles. The Kier molecular flexibility index (Phi) is 18.0. The lowest BCUT2D eigenvalue weighted by molar-refractivity contribution is 0.0688. The fourth-order valence-electron chi connectivity index (χ4n) is 2.98. The SMILES string of the molecule is CCCCCCCCCCCC([O])CCCCCCCC. The average molecular weight is 298 g/mol. The Hall–Kier alpha value is -0.0400. The predicted molar refractivity (Wildman–Crippen MR) is 94.3 cm³/mol. The van der Waals surface area contributed by atoms with E-state index in [1.165, 1.54) is 89.9 Å². The quantitative estimate of drug-likeness (QED) is 0.248. The summed E-state index contributed by atoms with van der Waals surface area (Å²) in [4.78, 5) is 0. The number of hydrogen-bond donors (Lipinski definition) is 0. The summed E-state index contributed by atoms with van der Waals surface area (Å²) in [6.07, 6.45) is 21.5. The Bertz CT molecular complexity index is 179. The smallest absolute Gasteiger partial charge is 0.0930 e. The lowest BCUT2D eigenvalue weighted by Crippen LogP contribution is -2.04. The van der Waals surface area contributed by atoms with Crippen LogP contribution in [-0.4, -0.2) is 6.10 Å². The summed E-state index contributed by atoms with van der Waals surface area (Å²) in [6.45, 7) is 4.52. The van der Waals surface area contributed by atoms with Gasteiger partial charge in [-0.05, 0) is 12.8 Å². The van der Waals surface area contributed by atoms with Crippen LogP contribution in [0.1, 0.15) is 123 Å². The third-order valence-corrected chi connectivity index (χ3v) is 4.51. The highest BCUT2D eigenvalue weighted by molar-refractivity contribution is 4.57. The average Bonchev–Trinajstić information content (AvgIpc) is 2.49. The van der Waals surface area contributed by atoms with Crippen molar-refractivity contribution in [3.05, 3.63) is 0 Å². The van der Waals surface area contributed by atoms with Crippen LogP contribution in [0.4, 0.5) is 0 Å². The zero-order valence-corrected chi connectivity index (χ0v) is 15.0. The minimum Gasteiger partial charge on any atom is -0.233 e. The second-order valence-corrected chi connectivity index (χ2v) is 6.80. The first-order chi connectivity index (χ1) is 10.3. The standard InChI is InChI=1S/C20H41O/c1-3-5-7-9-11-12-13-15-17-19-20(21)18-16-14-10-8-6-4-2/h20H,3-19H2,1-2H3. The minimum atomic E-state index is -0.277. The molecule has 0 aromatic rings. The topological polar surface area (TPSA) is 19.9 Å². The summed E-state index contributed by atoms with van der Waals surface area (Å²) in [6, 6.07) is 0. The predicted octanol–water partition coefficient (Wildman–Crippen LogP) is 7.46. The molecule has 0 fully saturated rings. The second kappa shape index (κ2) is 18.0. The second-order valence-electron chi connectivity index (χ2n) is 6.80. The van der Waals surface area contributed by atoms with Crippen molar-refractivity contribution in [3.63, 3.8) is 0 Å². The highest BCUT2D eigenvalue weighted by atomic mass is 16.3. The van der Waals surface area contributed by atoms with E-state index in [0.717, 1.165) is 19.3 Å². The minimum absolute atomic E-state index is 0.277. The molecule has 0 saturated carbocycles. The van der Waals surface area contributed by atoms with Gasteiger partial charge in [-0.2, -0.15) is 0 Å². The van der Waals surface area contributed by atoms with Crippen molar-refractivity contribution < 1.29 is 5.11 Å². The van der Waals surface area contributed by atoms with E-state index in [9.17, 15) is 5.11 Å². The van der Waals surface area contributed by atoms with Gasteiger partial charge < -0.3 is 0 Å². The molecular weight excluding hydrogens is 256 g/mol. The third-order valence-electron chi connectivity index (χ3n) is 4.51. The molecule has 0 bridgehead atoms. The molecule has 0 aliphatic rings. The van der Waals surface area contributed by atoms with Crippen LogP contribution < -0.4 is 0 Å². The van der Waals surface area contributed by atoms with Crippen LogP contribution in [0.2, 0.25) is 0 Å². The molecule has 1 unspecified atom stereocenters. The zero-order chi connectivity index (χ0) is 15.6. The van der Waals surface area contributed by atoms with Gasteiger partial charge in [0.25, 0.3) is 0 Å². The Morgan fingerprint density at radius 3 is 1.10 bits per heavy atom. The molecule has 1 heteroatoms. The van der Waals surface area contributed by atoms with Gasteiger partial charge in [0.2, 0.25) is 0 Å². The third kappa shape index (κ3) is 17.9. The van der Waals surface area contributed by atoms with Crippen molar-refractivity contribution in [2.45, 2.75) is 129 Å². The molecule has 0 aromatic heterocycles. The van der Waals surface area contributed by atoms with Crippen LogP contribution in [0.15, 0.2) is 0 Å². The van der Waals surface area contributed by atoms with E-state index in [1.54, 1.807) is 0 Å². The zero-order valence-electron chi connectivity index (χ0n) is 15.0. The monoisotopic (exact) mass is 297 g/mol. The Morgan fingerprint density at radius 2 is 0.762 bits per heavy atom. The van der Waals surface area contributed by atoms with Crippen LogP contribution in [0, 0.1) is 0 Å². The molecule has 0 spiro atoms. The molecule has 0 N–H and O–H groups in total. The Labute approximate surface area is 134 Å². The van der Waals surface area contributed by atoms with E-state index in [4.69, 9.17) is 0 Å². The summed E-state index contributed by atoms with van der Waals surface area (Å²) < 4.78 is 0. The first-order valence-corrected chi connectivity index (χ1v) is 9.97. The van der Waals surface area contributed by atoms with Gasteiger partial charge in [-0.15, -0.1) is 0 Å². The van der Waals surface area contributed by atoms with Gasteiger partial charge in [-0.3, -0.25) is 0 Å². The van der Waals surface area contributed by atoms with E-state index >= 15 is 0 Å². The molecule has 0 aromatic carbocycles. The summed E-state index contributed by atoms with van der Waals surface area (Å²) in [7, 11) is 0. The van der Waals surface area contributed by atoms with Gasteiger partial charge in [0.05, 0.1) is 6.10 Å². The van der Waals surface area contributed by atoms with Crippen LogP contribution >= 0.6 is 0 Å². The molecule has 0 saturated heterocycles. The van der Waals surface area contributed by atoms with Crippen molar-refractivity contribution in [1.82, 2.24) is 0 Å². The van der Waals surface area contributed by atoms with Crippen LogP contribution in [0.5, 0.6) is 0 Å². The molecule has 1 nitrogen and oxygen atoms in total. The summed E-state index contributed by atoms with van der Waals surface area (Å²) in [5, 5.41) is 11.8. The first kappa shape index (κ1) is 21.0. The number of unbranched alkanes of at least 4 members (excludes halogenated alkanes) is 13. The normalized spacial score (nSPS) is 12.7. The largest absolute Gasteiger partial charge is 0.233 e. The molecular formula is C20H41O. The van der Waals surface area contributed by atoms with Gasteiger partial charge in [-0.25, -0.2) is 5.11 Å². The highest BCUT2D eigenvalue weighted by Gasteiger charge is 2.05. The fraction of sp³-hybridized carbons (Fsp3) is 1.00. The lowest BCUT2D eigenvalue weighted by atomic mass is 10.0. The maximum absolute atomic E-state index is 11.8. The van der Waals surface area contributed by atoms with E-state index in [-0.39, 0.29) is 6.10 Å². The maximum Gasteiger partial charge on any atom is 0.0930 e. The van der Waals surface area contributed by atoms with Crippen LogP contribution in [-0.2, 0) is 5.11 Å². The molecule has 0 amide bonds. The van der Waals surface area contributed by atoms with Gasteiger partial charge in [0.15, 0.2) is 0 Å². The van der Waals surface area contributed by atoms with E-state index < -0.39 is 0 Å². The van der Waals surface area contributed by atoms with Crippen molar-refractivity contribution in [2.24, 2.45) is 0 Å². The Balaban J connectivity index is 3.10. The molecule has 21 heavy (non-hydrogen) atoms. The Morgan fingerprint density at radius 1 is 0.476 bits per heavy atom. The molecule has 127 valence electrons. The van der Waals surface area contributed by atoms with Crippen LogP contribution in [0.25, 0.3) is 0 Å². The molecule has 0 aliphatic heterocycles. The summed E-state index contributed by atoms with van der Waals surface area (Å²) >= 11 is 0. The summed E-state index contributed by atoms with van der Waals surface area (Å²) in [5.41, 5.74) is 0. The highest BCUT2D eigenvalue weighted by Crippen LogP contribution is 2.15. The van der Waals surface area contributed by atoms with E-state index in [2.05, 4.69) is 13.8 Å². The van der Waals surface area contributed by atoms with Crippen molar-refractivity contribution in [2.75, 3.05) is 0 Å². The van der Waals surface area contributed by atoms with Crippen molar-refractivity contribution in [1.29, 1.82) is 0 Å². The van der Waals surface area contributed by atoms with Gasteiger partial charge in [-0.1, -0.05) is 110 Å². The first-order valence-electron chi connectivity index (χ1n) is 9.97. The van der Waals surface area contributed by atoms with Crippen LogP contribution in [0.3, 0.4) is 0 Å². The molecule has 0 aliphatic carbocycles. The van der Waals surface area contributed by atoms with Gasteiger partial charge in [0.1, 0.15) is 0 Å². The van der Waals surface area contributed by atoms with Crippen molar-refractivity contribution in [3.8, 4) is 0 Å². The van der Waals surface area contributed by atoms with Crippen molar-refractivity contribution >= 4 is 0 Å². The number of hydrogen-bond acceptors (Lipinski definition) is 0. The number of rotatable bonds is 17. The van der Waals surface area contributed by atoms with E-state index in [1.807, 2.05) is 0 Å². The lowest BCUT2D eigenvalue weighted by Gasteiger charge is -2.08. The van der Waals surface area contributed by atoms with Gasteiger partial charge >= 0.3 is 0 Å². The molecule has 0 rings (SSSR count). The van der Waals surface area contributed by atoms with E-state index in [0.29, 0.717) is 0 Å². The van der Waals surface area contributed by atoms with Gasteiger partial charge in [0, 0.05) is 0 Å². The maximum atomic E-state index is 11.8. The summed E-state index contributed by atoms with van der Waals surface area (Å²) in [5.74, 6) is 0. The fourth-order valence-corrected chi connectivity index (χ4v) is 2.98. The molecule has 1 atom stereocenters.